The first-order chi connectivity index (χ1) is 12.8. The minimum absolute atomic E-state index is 0.345. The van der Waals surface area contributed by atoms with Gasteiger partial charge in [-0.1, -0.05) is 18.2 Å². The van der Waals surface area contributed by atoms with E-state index in [2.05, 4.69) is 22.6 Å². The van der Waals surface area contributed by atoms with Crippen molar-refractivity contribution in [2.24, 2.45) is 0 Å². The van der Waals surface area contributed by atoms with Crippen LogP contribution in [0.15, 0.2) is 48.5 Å². The van der Waals surface area contributed by atoms with Gasteiger partial charge >= 0.3 is 6.18 Å². The number of benzene rings is 2. The molecule has 1 aliphatic heterocycles. The molecule has 27 heavy (non-hydrogen) atoms. The van der Waals surface area contributed by atoms with Gasteiger partial charge in [-0.2, -0.15) is 13.2 Å². The molecule has 0 bridgehead atoms. The van der Waals surface area contributed by atoms with E-state index in [9.17, 15) is 18.0 Å². The average Bonchev–Trinajstić information content (AvgIpc) is 2.63. The van der Waals surface area contributed by atoms with Crippen molar-refractivity contribution in [3.05, 3.63) is 59.7 Å². The molecular weight excluding hydrogens is 355 g/mol. The Kier molecular flexibility index (Phi) is 5.70. The average molecular weight is 377 g/mol. The highest BCUT2D eigenvalue weighted by atomic mass is 19.4. The Hall–Kier alpha value is -2.54. The fourth-order valence-corrected chi connectivity index (χ4v) is 3.20. The van der Waals surface area contributed by atoms with Gasteiger partial charge < -0.3 is 15.5 Å². The molecule has 0 unspecified atom stereocenters. The SMILES string of the molecule is CN1CCC(Nc2cccc(NC(=O)c3ccccc3C(F)(F)F)c2)CC1. The number of nitrogens with one attached hydrogen (secondary N) is 2. The summed E-state index contributed by atoms with van der Waals surface area (Å²) in [5.41, 5.74) is -0.0388. The third-order valence-corrected chi connectivity index (χ3v) is 4.69. The van der Waals surface area contributed by atoms with E-state index in [1.54, 1.807) is 18.2 Å². The molecule has 1 saturated heterocycles. The summed E-state index contributed by atoms with van der Waals surface area (Å²) in [4.78, 5) is 14.7. The zero-order valence-corrected chi connectivity index (χ0v) is 15.0. The van der Waals surface area contributed by atoms with Gasteiger partial charge in [-0.05, 0) is 63.3 Å². The molecule has 1 amide bonds. The molecule has 0 spiro atoms. The van der Waals surface area contributed by atoms with Gasteiger partial charge in [0.05, 0.1) is 11.1 Å². The highest BCUT2D eigenvalue weighted by Gasteiger charge is 2.34. The Morgan fingerprint density at radius 2 is 1.70 bits per heavy atom. The molecule has 0 atom stereocenters. The molecule has 0 saturated carbocycles. The van der Waals surface area contributed by atoms with Gasteiger partial charge in [0.2, 0.25) is 0 Å². The van der Waals surface area contributed by atoms with Crippen LogP contribution in [0.4, 0.5) is 24.5 Å². The fraction of sp³-hybridized carbons (Fsp3) is 0.350. The predicted octanol–water partition coefficient (Wildman–Crippen LogP) is 4.46. The molecule has 1 fully saturated rings. The third-order valence-electron chi connectivity index (χ3n) is 4.69. The van der Waals surface area contributed by atoms with Crippen LogP contribution < -0.4 is 10.6 Å². The molecule has 0 aromatic heterocycles. The van der Waals surface area contributed by atoms with E-state index in [-0.39, 0.29) is 0 Å². The number of amides is 1. The third kappa shape index (κ3) is 5.01. The first kappa shape index (κ1) is 19.2. The number of likely N-dealkylation sites (tertiary alicyclic amines) is 1. The van der Waals surface area contributed by atoms with E-state index in [1.807, 2.05) is 6.07 Å². The summed E-state index contributed by atoms with van der Waals surface area (Å²) in [5, 5.41) is 6.00. The number of hydrogen-bond donors (Lipinski definition) is 2. The standard InChI is InChI=1S/C20H22F3N3O/c1-26-11-9-14(10-12-26)24-15-5-4-6-16(13-15)25-19(27)17-7-2-3-8-18(17)20(21,22)23/h2-8,13-14,24H,9-12H2,1H3,(H,25,27). The van der Waals surface area contributed by atoms with Crippen molar-refractivity contribution in [2.75, 3.05) is 30.8 Å². The van der Waals surface area contributed by atoms with Gasteiger partial charge in [0.1, 0.15) is 0 Å². The van der Waals surface area contributed by atoms with E-state index in [1.165, 1.54) is 18.2 Å². The number of piperidine rings is 1. The summed E-state index contributed by atoms with van der Waals surface area (Å²) in [6.45, 7) is 2.03. The first-order valence-corrected chi connectivity index (χ1v) is 8.85. The topological polar surface area (TPSA) is 44.4 Å². The summed E-state index contributed by atoms with van der Waals surface area (Å²) in [6, 6.07) is 12.2. The van der Waals surface area contributed by atoms with Crippen molar-refractivity contribution < 1.29 is 18.0 Å². The molecule has 1 heterocycles. The molecule has 4 nitrogen and oxygen atoms in total. The van der Waals surface area contributed by atoms with Crippen LogP contribution in [0.25, 0.3) is 0 Å². The summed E-state index contributed by atoms with van der Waals surface area (Å²) < 4.78 is 39.3. The molecule has 2 aromatic carbocycles. The Morgan fingerprint density at radius 1 is 1.04 bits per heavy atom. The first-order valence-electron chi connectivity index (χ1n) is 8.85. The fourth-order valence-electron chi connectivity index (χ4n) is 3.20. The minimum Gasteiger partial charge on any atom is -0.382 e. The van der Waals surface area contributed by atoms with Crippen molar-refractivity contribution in [2.45, 2.75) is 25.1 Å². The van der Waals surface area contributed by atoms with E-state index >= 15 is 0 Å². The summed E-state index contributed by atoms with van der Waals surface area (Å²) >= 11 is 0. The lowest BCUT2D eigenvalue weighted by Gasteiger charge is -2.30. The lowest BCUT2D eigenvalue weighted by atomic mass is 10.0. The number of alkyl halides is 3. The van der Waals surface area contributed by atoms with Crippen molar-refractivity contribution in [3.8, 4) is 0 Å². The number of anilines is 2. The van der Waals surface area contributed by atoms with E-state index < -0.39 is 23.2 Å². The second kappa shape index (κ2) is 8.00. The summed E-state index contributed by atoms with van der Waals surface area (Å²) in [6.07, 6.45) is -2.54. The Morgan fingerprint density at radius 3 is 2.41 bits per heavy atom. The number of rotatable bonds is 4. The van der Waals surface area contributed by atoms with Gasteiger partial charge in [-0.25, -0.2) is 0 Å². The molecule has 0 aliphatic carbocycles. The van der Waals surface area contributed by atoms with Gasteiger partial charge in [0, 0.05) is 17.4 Å². The van der Waals surface area contributed by atoms with Crippen LogP contribution in [0, 0.1) is 0 Å². The maximum absolute atomic E-state index is 13.1. The van der Waals surface area contributed by atoms with Crippen LogP contribution in [0.3, 0.4) is 0 Å². The second-order valence-corrected chi connectivity index (χ2v) is 6.80. The number of nitrogens with zero attached hydrogens (tertiary/aromatic N) is 1. The Balaban J connectivity index is 1.71. The number of halogens is 3. The Bertz CT molecular complexity index is 799. The van der Waals surface area contributed by atoms with Crippen LogP contribution in [-0.4, -0.2) is 37.0 Å². The van der Waals surface area contributed by atoms with Gasteiger partial charge in [-0.15, -0.1) is 0 Å². The van der Waals surface area contributed by atoms with Crippen LogP contribution in [0.2, 0.25) is 0 Å². The lowest BCUT2D eigenvalue weighted by molar-refractivity contribution is -0.137. The lowest BCUT2D eigenvalue weighted by Crippen LogP contribution is -2.36. The van der Waals surface area contributed by atoms with Crippen molar-refractivity contribution in [3.63, 3.8) is 0 Å². The number of carbonyl (C=O) groups is 1. The maximum atomic E-state index is 13.1. The number of carbonyl (C=O) groups excluding carboxylic acids is 1. The van der Waals surface area contributed by atoms with Gasteiger partial charge in [0.15, 0.2) is 0 Å². The highest BCUT2D eigenvalue weighted by Crippen LogP contribution is 2.32. The van der Waals surface area contributed by atoms with Crippen molar-refractivity contribution >= 4 is 17.3 Å². The summed E-state index contributed by atoms with van der Waals surface area (Å²) in [7, 11) is 2.09. The Labute approximate surface area is 156 Å². The zero-order chi connectivity index (χ0) is 19.4. The van der Waals surface area contributed by atoms with Crippen LogP contribution >= 0.6 is 0 Å². The minimum atomic E-state index is -4.58. The van der Waals surface area contributed by atoms with E-state index in [0.717, 1.165) is 37.7 Å². The zero-order valence-electron chi connectivity index (χ0n) is 15.0. The molecular formula is C20H22F3N3O. The largest absolute Gasteiger partial charge is 0.417 e. The molecule has 0 radical (unpaired) electrons. The normalized spacial score (nSPS) is 16.1. The molecule has 1 aliphatic rings. The highest BCUT2D eigenvalue weighted by molar-refractivity contribution is 6.05. The predicted molar refractivity (Wildman–Crippen MR) is 100.0 cm³/mol. The molecule has 2 aromatic rings. The quantitative estimate of drug-likeness (QED) is 0.827. The maximum Gasteiger partial charge on any atom is 0.417 e. The molecule has 7 heteroatoms. The van der Waals surface area contributed by atoms with Crippen LogP contribution in [-0.2, 0) is 6.18 Å². The van der Waals surface area contributed by atoms with E-state index in [4.69, 9.17) is 0 Å². The van der Waals surface area contributed by atoms with Crippen LogP contribution in [0.5, 0.6) is 0 Å². The second-order valence-electron chi connectivity index (χ2n) is 6.80. The van der Waals surface area contributed by atoms with Crippen molar-refractivity contribution in [1.29, 1.82) is 0 Å². The molecule has 144 valence electrons. The number of hydrogen-bond acceptors (Lipinski definition) is 3. The smallest absolute Gasteiger partial charge is 0.382 e. The summed E-state index contributed by atoms with van der Waals surface area (Å²) in [5.74, 6) is -0.778. The molecule has 3 rings (SSSR count). The molecule has 2 N–H and O–H groups in total. The van der Waals surface area contributed by atoms with Gasteiger partial charge in [0.25, 0.3) is 5.91 Å². The monoisotopic (exact) mass is 377 g/mol. The van der Waals surface area contributed by atoms with Gasteiger partial charge in [-0.3, -0.25) is 4.79 Å². The van der Waals surface area contributed by atoms with Crippen LogP contribution in [0.1, 0.15) is 28.8 Å². The van der Waals surface area contributed by atoms with Crippen molar-refractivity contribution in [1.82, 2.24) is 4.90 Å². The van der Waals surface area contributed by atoms with E-state index in [0.29, 0.717) is 11.7 Å².